The predicted molar refractivity (Wildman–Crippen MR) is 113 cm³/mol. The van der Waals surface area contributed by atoms with Crippen molar-refractivity contribution in [1.29, 1.82) is 0 Å². The number of nitrogens with zero attached hydrogens (tertiary/aromatic N) is 3. The molecule has 0 N–H and O–H groups in total. The molecule has 2 aromatic carbocycles. The summed E-state index contributed by atoms with van der Waals surface area (Å²) in [5.74, 6) is 0.830. The van der Waals surface area contributed by atoms with Crippen molar-refractivity contribution in [3.63, 3.8) is 0 Å². The van der Waals surface area contributed by atoms with Crippen molar-refractivity contribution in [3.05, 3.63) is 71.5 Å². The molecule has 0 amide bonds. The summed E-state index contributed by atoms with van der Waals surface area (Å²) >= 11 is 0. The minimum absolute atomic E-state index is 0.318. The van der Waals surface area contributed by atoms with E-state index in [2.05, 4.69) is 5.10 Å². The standard InChI is InChI=1S/C22H25N3O3S/c1-17-22(29(26,27)25-15-13-19-9-6-7-12-21(19)25)18(2)24(23-17)14-8-16-28-20-10-4-3-5-11-20/h3-7,9-12H,8,13-16H2,1-2H3. The van der Waals surface area contributed by atoms with Crippen molar-refractivity contribution in [2.24, 2.45) is 0 Å². The Kier molecular flexibility index (Phi) is 5.32. The topological polar surface area (TPSA) is 64.4 Å². The number of aryl methyl sites for hydroxylation is 2. The fraction of sp³-hybridized carbons (Fsp3) is 0.318. The number of fused-ring (bicyclic) bond motifs is 1. The van der Waals surface area contributed by atoms with Gasteiger partial charge in [-0.05, 0) is 44.0 Å². The van der Waals surface area contributed by atoms with Gasteiger partial charge in [-0.15, -0.1) is 0 Å². The third-order valence-corrected chi connectivity index (χ3v) is 7.30. The largest absolute Gasteiger partial charge is 0.494 e. The average molecular weight is 412 g/mol. The van der Waals surface area contributed by atoms with Crippen LogP contribution in [0, 0.1) is 13.8 Å². The average Bonchev–Trinajstić information content (AvgIpc) is 3.27. The molecule has 2 heterocycles. The van der Waals surface area contributed by atoms with Crippen molar-refractivity contribution >= 4 is 15.7 Å². The second-order valence-electron chi connectivity index (χ2n) is 7.19. The zero-order valence-electron chi connectivity index (χ0n) is 16.7. The number of aromatic nitrogens is 2. The molecule has 0 spiro atoms. The molecule has 0 radical (unpaired) electrons. The second kappa shape index (κ2) is 7.91. The lowest BCUT2D eigenvalue weighted by Gasteiger charge is -2.19. The highest BCUT2D eigenvalue weighted by atomic mass is 32.2. The molecule has 1 aliphatic heterocycles. The van der Waals surface area contributed by atoms with Crippen molar-refractivity contribution in [1.82, 2.24) is 9.78 Å². The van der Waals surface area contributed by atoms with Gasteiger partial charge in [-0.3, -0.25) is 8.99 Å². The van der Waals surface area contributed by atoms with Crippen molar-refractivity contribution in [3.8, 4) is 5.75 Å². The fourth-order valence-electron chi connectivity index (χ4n) is 3.86. The maximum Gasteiger partial charge on any atom is 0.268 e. The van der Waals surface area contributed by atoms with Crippen molar-refractivity contribution in [2.75, 3.05) is 17.5 Å². The van der Waals surface area contributed by atoms with Gasteiger partial charge in [0.1, 0.15) is 10.6 Å². The lowest BCUT2D eigenvalue weighted by molar-refractivity contribution is 0.298. The number of benzene rings is 2. The number of rotatable bonds is 7. The summed E-state index contributed by atoms with van der Waals surface area (Å²) in [6, 6.07) is 17.3. The van der Waals surface area contributed by atoms with Gasteiger partial charge in [0.2, 0.25) is 0 Å². The van der Waals surface area contributed by atoms with Gasteiger partial charge in [0, 0.05) is 19.5 Å². The summed E-state index contributed by atoms with van der Waals surface area (Å²) in [4.78, 5) is 0.318. The lowest BCUT2D eigenvalue weighted by Crippen LogP contribution is -2.30. The van der Waals surface area contributed by atoms with E-state index in [1.165, 1.54) is 4.31 Å². The van der Waals surface area contributed by atoms with Crippen LogP contribution < -0.4 is 9.04 Å². The summed E-state index contributed by atoms with van der Waals surface area (Å²) in [5.41, 5.74) is 3.05. The number of para-hydroxylation sites is 2. The maximum atomic E-state index is 13.4. The van der Waals surface area contributed by atoms with Crippen LogP contribution in [0.3, 0.4) is 0 Å². The molecule has 29 heavy (non-hydrogen) atoms. The Morgan fingerprint density at radius 3 is 2.55 bits per heavy atom. The summed E-state index contributed by atoms with van der Waals surface area (Å²) in [6.07, 6.45) is 1.47. The number of hydrogen-bond donors (Lipinski definition) is 0. The first-order valence-electron chi connectivity index (χ1n) is 9.81. The molecule has 152 valence electrons. The zero-order chi connectivity index (χ0) is 20.4. The van der Waals surface area contributed by atoms with E-state index in [9.17, 15) is 8.42 Å². The SMILES string of the molecule is Cc1nn(CCCOc2ccccc2)c(C)c1S(=O)(=O)N1CCc2ccccc21. The van der Waals surface area contributed by atoms with Crippen LogP contribution in [-0.2, 0) is 23.0 Å². The molecule has 6 nitrogen and oxygen atoms in total. The Morgan fingerprint density at radius 2 is 1.76 bits per heavy atom. The van der Waals surface area contributed by atoms with E-state index in [0.29, 0.717) is 36.0 Å². The second-order valence-corrected chi connectivity index (χ2v) is 8.99. The van der Waals surface area contributed by atoms with E-state index < -0.39 is 10.0 Å². The number of anilines is 1. The molecule has 4 rings (SSSR count). The summed E-state index contributed by atoms with van der Waals surface area (Å²) in [5, 5.41) is 4.50. The number of hydrogen-bond acceptors (Lipinski definition) is 4. The van der Waals surface area contributed by atoms with Crippen molar-refractivity contribution in [2.45, 2.75) is 38.1 Å². The van der Waals surface area contributed by atoms with Gasteiger partial charge in [0.25, 0.3) is 10.0 Å². The molecule has 0 bridgehead atoms. The monoisotopic (exact) mass is 411 g/mol. The molecule has 0 aliphatic carbocycles. The highest BCUT2D eigenvalue weighted by Crippen LogP contribution is 2.34. The first kappa shape index (κ1) is 19.5. The van der Waals surface area contributed by atoms with Crippen molar-refractivity contribution < 1.29 is 13.2 Å². The van der Waals surface area contributed by atoms with E-state index >= 15 is 0 Å². The van der Waals surface area contributed by atoms with E-state index in [4.69, 9.17) is 4.74 Å². The van der Waals surface area contributed by atoms with Crippen LogP contribution in [0.1, 0.15) is 23.4 Å². The fourth-order valence-corrected chi connectivity index (χ4v) is 5.74. The number of sulfonamides is 1. The van der Waals surface area contributed by atoms with Gasteiger partial charge in [-0.25, -0.2) is 8.42 Å². The van der Waals surface area contributed by atoms with Gasteiger partial charge in [0.15, 0.2) is 0 Å². The summed E-state index contributed by atoms with van der Waals surface area (Å²) in [6.45, 7) is 5.21. The van der Waals surface area contributed by atoms with Crippen LogP contribution in [0.5, 0.6) is 5.75 Å². The lowest BCUT2D eigenvalue weighted by atomic mass is 10.2. The Balaban J connectivity index is 1.50. The molecule has 0 saturated carbocycles. The number of ether oxygens (including phenoxy) is 1. The van der Waals surface area contributed by atoms with Gasteiger partial charge in [0.05, 0.1) is 23.7 Å². The van der Waals surface area contributed by atoms with Crippen LogP contribution in [0.25, 0.3) is 0 Å². The van der Waals surface area contributed by atoms with E-state index in [1.807, 2.05) is 61.5 Å². The van der Waals surface area contributed by atoms with Crippen LogP contribution in [0.2, 0.25) is 0 Å². The first-order chi connectivity index (χ1) is 14.0. The Morgan fingerprint density at radius 1 is 1.03 bits per heavy atom. The van der Waals surface area contributed by atoms with E-state index in [0.717, 1.165) is 29.8 Å². The summed E-state index contributed by atoms with van der Waals surface area (Å²) < 4.78 is 35.8. The van der Waals surface area contributed by atoms with E-state index in [1.54, 1.807) is 11.6 Å². The molecule has 3 aromatic rings. The molecule has 1 aromatic heterocycles. The zero-order valence-corrected chi connectivity index (χ0v) is 17.5. The predicted octanol–water partition coefficient (Wildman–Crippen LogP) is 3.72. The third-order valence-electron chi connectivity index (χ3n) is 5.23. The molecule has 0 atom stereocenters. The molecular weight excluding hydrogens is 386 g/mol. The highest BCUT2D eigenvalue weighted by molar-refractivity contribution is 7.93. The van der Waals surface area contributed by atoms with Gasteiger partial charge < -0.3 is 4.74 Å². The molecule has 1 aliphatic rings. The normalized spacial score (nSPS) is 13.5. The minimum Gasteiger partial charge on any atom is -0.494 e. The Hall–Kier alpha value is -2.80. The van der Waals surface area contributed by atoms with Gasteiger partial charge in [-0.2, -0.15) is 5.10 Å². The maximum absolute atomic E-state index is 13.4. The highest BCUT2D eigenvalue weighted by Gasteiger charge is 2.34. The Bertz CT molecular complexity index is 1110. The quantitative estimate of drug-likeness (QED) is 0.556. The van der Waals surface area contributed by atoms with E-state index in [-0.39, 0.29) is 0 Å². The van der Waals surface area contributed by atoms with Crippen LogP contribution in [-0.4, -0.2) is 31.3 Å². The molecule has 7 heteroatoms. The first-order valence-corrected chi connectivity index (χ1v) is 11.2. The smallest absolute Gasteiger partial charge is 0.268 e. The molecular formula is C22H25N3O3S. The minimum atomic E-state index is -3.65. The molecule has 0 fully saturated rings. The Labute approximate surface area is 171 Å². The molecule has 0 saturated heterocycles. The van der Waals surface area contributed by atoms with Crippen LogP contribution >= 0.6 is 0 Å². The third kappa shape index (κ3) is 3.74. The summed E-state index contributed by atoms with van der Waals surface area (Å²) in [7, 11) is -3.65. The molecule has 0 unspecified atom stereocenters. The van der Waals surface area contributed by atoms with Crippen LogP contribution in [0.4, 0.5) is 5.69 Å². The van der Waals surface area contributed by atoms with Gasteiger partial charge >= 0.3 is 0 Å². The van der Waals surface area contributed by atoms with Crippen LogP contribution in [0.15, 0.2) is 59.5 Å². The van der Waals surface area contributed by atoms with Gasteiger partial charge in [-0.1, -0.05) is 36.4 Å².